The second-order valence-electron chi connectivity index (χ2n) is 4.01. The van der Waals surface area contributed by atoms with E-state index in [0.29, 0.717) is 5.56 Å². The number of rotatable bonds is 8. The van der Waals surface area contributed by atoms with E-state index in [1.807, 2.05) is 0 Å². The minimum absolute atomic E-state index is 0.0435. The van der Waals surface area contributed by atoms with Crippen LogP contribution >= 0.6 is 0 Å². The molecule has 9 heteroatoms. The fourth-order valence-electron chi connectivity index (χ4n) is 1.47. The fourth-order valence-corrected chi connectivity index (χ4v) is 1.82. The molecule has 20 heavy (non-hydrogen) atoms. The van der Waals surface area contributed by atoms with Gasteiger partial charge in [0.1, 0.15) is 6.61 Å². The maximum atomic E-state index is 10.9. The van der Waals surface area contributed by atoms with Crippen LogP contribution < -0.4 is 9.88 Å². The van der Waals surface area contributed by atoms with Crippen LogP contribution in [0, 0.1) is 17.0 Å². The molecule has 0 bridgehead atoms. The first-order chi connectivity index (χ1) is 9.31. The molecule has 0 heterocycles. The second-order valence-corrected chi connectivity index (χ2v) is 5.74. The predicted octanol–water partition coefficient (Wildman–Crippen LogP) is 0.587. The molecule has 0 unspecified atom stereocenters. The Hall–Kier alpha value is -1.71. The molecule has 0 aliphatic rings. The summed E-state index contributed by atoms with van der Waals surface area (Å²) < 4.78 is 31.5. The molecule has 0 aliphatic heterocycles. The van der Waals surface area contributed by atoms with Gasteiger partial charge in [-0.15, -0.1) is 0 Å². The number of ether oxygens (including phenoxy) is 2. The minimum atomic E-state index is -3.54. The topological polar surface area (TPSA) is 122 Å². The Kier molecular flexibility index (Phi) is 5.86. The SMILES string of the molecule is Cc1cccc(OCCOCCS(N)(=O)=O)c1[N+](=O)[O-]. The first-order valence-corrected chi connectivity index (χ1v) is 7.48. The number of nitro benzene ring substituents is 1. The highest BCUT2D eigenvalue weighted by atomic mass is 32.2. The van der Waals surface area contributed by atoms with Crippen LogP contribution in [0.5, 0.6) is 5.75 Å². The molecule has 0 saturated carbocycles. The smallest absolute Gasteiger partial charge is 0.313 e. The van der Waals surface area contributed by atoms with E-state index in [1.165, 1.54) is 6.07 Å². The first-order valence-electron chi connectivity index (χ1n) is 5.76. The van der Waals surface area contributed by atoms with Crippen LogP contribution in [0.2, 0.25) is 0 Å². The van der Waals surface area contributed by atoms with Crippen molar-refractivity contribution in [3.8, 4) is 5.75 Å². The zero-order valence-electron chi connectivity index (χ0n) is 10.9. The van der Waals surface area contributed by atoms with Crippen molar-refractivity contribution in [3.05, 3.63) is 33.9 Å². The summed E-state index contributed by atoms with van der Waals surface area (Å²) in [7, 11) is -3.54. The first kappa shape index (κ1) is 16.3. The molecule has 112 valence electrons. The average molecular weight is 304 g/mol. The Morgan fingerprint density at radius 3 is 2.60 bits per heavy atom. The number of hydrogen-bond acceptors (Lipinski definition) is 6. The Bertz CT molecular complexity index is 572. The van der Waals surface area contributed by atoms with Gasteiger partial charge in [0.05, 0.1) is 23.9 Å². The largest absolute Gasteiger partial charge is 0.484 e. The third-order valence-corrected chi connectivity index (χ3v) is 3.12. The van der Waals surface area contributed by atoms with Crippen molar-refractivity contribution in [2.75, 3.05) is 25.6 Å². The standard InChI is InChI=1S/C11H16N2O6S/c1-9-3-2-4-10(11(9)13(14)15)19-6-5-18-7-8-20(12,16)17/h2-4H,5-8H2,1H3,(H2,12,16,17). The lowest BCUT2D eigenvalue weighted by atomic mass is 10.2. The minimum Gasteiger partial charge on any atom is -0.484 e. The van der Waals surface area contributed by atoms with E-state index < -0.39 is 14.9 Å². The highest BCUT2D eigenvalue weighted by molar-refractivity contribution is 7.89. The van der Waals surface area contributed by atoms with Gasteiger partial charge in [-0.25, -0.2) is 13.6 Å². The summed E-state index contributed by atoms with van der Waals surface area (Å²) in [6.45, 7) is 1.77. The lowest BCUT2D eigenvalue weighted by Crippen LogP contribution is -2.21. The number of nitrogens with zero attached hydrogens (tertiary/aromatic N) is 1. The number of benzene rings is 1. The molecule has 1 rings (SSSR count). The van der Waals surface area contributed by atoms with E-state index in [0.717, 1.165) is 0 Å². The summed E-state index contributed by atoms with van der Waals surface area (Å²) in [5, 5.41) is 15.7. The van der Waals surface area contributed by atoms with Crippen molar-refractivity contribution in [2.24, 2.45) is 5.14 Å². The quantitative estimate of drug-likeness (QED) is 0.426. The molecule has 0 saturated heterocycles. The lowest BCUT2D eigenvalue weighted by Gasteiger charge is -2.08. The fraction of sp³-hybridized carbons (Fsp3) is 0.455. The van der Waals surface area contributed by atoms with Gasteiger partial charge in [-0.1, -0.05) is 12.1 Å². The van der Waals surface area contributed by atoms with Crippen LogP contribution in [0.15, 0.2) is 18.2 Å². The van der Waals surface area contributed by atoms with E-state index in [9.17, 15) is 18.5 Å². The highest BCUT2D eigenvalue weighted by Gasteiger charge is 2.17. The molecule has 0 aliphatic carbocycles. The molecule has 8 nitrogen and oxygen atoms in total. The van der Waals surface area contributed by atoms with E-state index in [-0.39, 0.29) is 37.0 Å². The number of aryl methyl sites for hydroxylation is 1. The zero-order chi connectivity index (χ0) is 15.2. The van der Waals surface area contributed by atoms with Crippen molar-refractivity contribution in [1.29, 1.82) is 0 Å². The lowest BCUT2D eigenvalue weighted by molar-refractivity contribution is -0.386. The summed E-state index contributed by atoms with van der Waals surface area (Å²) in [5.41, 5.74) is 0.416. The molecular formula is C11H16N2O6S. The zero-order valence-corrected chi connectivity index (χ0v) is 11.8. The predicted molar refractivity (Wildman–Crippen MR) is 72.1 cm³/mol. The molecule has 0 aromatic heterocycles. The molecule has 2 N–H and O–H groups in total. The molecule has 1 aromatic carbocycles. The summed E-state index contributed by atoms with van der Waals surface area (Å²) in [6.07, 6.45) is 0. The molecule has 0 spiro atoms. The third kappa shape index (κ3) is 5.51. The Morgan fingerprint density at radius 1 is 1.30 bits per heavy atom. The van der Waals surface area contributed by atoms with Crippen LogP contribution in [0.4, 0.5) is 5.69 Å². The van der Waals surface area contributed by atoms with Crippen LogP contribution in [-0.2, 0) is 14.8 Å². The number of hydrogen-bond donors (Lipinski definition) is 1. The maximum Gasteiger partial charge on any atom is 0.313 e. The maximum absolute atomic E-state index is 10.9. The van der Waals surface area contributed by atoms with E-state index in [1.54, 1.807) is 19.1 Å². The Labute approximate surface area is 116 Å². The molecule has 0 radical (unpaired) electrons. The number of primary sulfonamides is 1. The van der Waals surface area contributed by atoms with Crippen LogP contribution in [0.25, 0.3) is 0 Å². The summed E-state index contributed by atoms with van der Waals surface area (Å²) >= 11 is 0. The average Bonchev–Trinajstić information content (AvgIpc) is 2.31. The molecule has 1 aromatic rings. The molecule has 0 amide bonds. The van der Waals surface area contributed by atoms with Crippen LogP contribution in [0.1, 0.15) is 5.56 Å². The third-order valence-electron chi connectivity index (χ3n) is 2.38. The number of sulfonamides is 1. The number of para-hydroxylation sites is 1. The molecule has 0 atom stereocenters. The van der Waals surface area contributed by atoms with Crippen molar-refractivity contribution in [1.82, 2.24) is 0 Å². The van der Waals surface area contributed by atoms with Gasteiger partial charge in [-0.05, 0) is 13.0 Å². The van der Waals surface area contributed by atoms with Gasteiger partial charge in [0.15, 0.2) is 5.75 Å². The summed E-state index contributed by atoms with van der Waals surface area (Å²) in [4.78, 5) is 10.4. The molecular weight excluding hydrogens is 288 g/mol. The van der Waals surface area contributed by atoms with Gasteiger partial charge in [0, 0.05) is 5.56 Å². The Balaban J connectivity index is 2.43. The summed E-state index contributed by atoms with van der Waals surface area (Å²) in [5.74, 6) is -0.123. The van der Waals surface area contributed by atoms with E-state index >= 15 is 0 Å². The van der Waals surface area contributed by atoms with E-state index in [4.69, 9.17) is 14.6 Å². The monoisotopic (exact) mass is 304 g/mol. The van der Waals surface area contributed by atoms with Crippen molar-refractivity contribution in [2.45, 2.75) is 6.92 Å². The summed E-state index contributed by atoms with van der Waals surface area (Å²) in [6, 6.07) is 4.77. The highest BCUT2D eigenvalue weighted by Crippen LogP contribution is 2.29. The van der Waals surface area contributed by atoms with Crippen LogP contribution in [-0.4, -0.2) is 38.9 Å². The van der Waals surface area contributed by atoms with Crippen molar-refractivity contribution >= 4 is 15.7 Å². The normalized spacial score (nSPS) is 11.3. The van der Waals surface area contributed by atoms with Gasteiger partial charge in [-0.3, -0.25) is 10.1 Å². The second kappa shape index (κ2) is 7.17. The van der Waals surface area contributed by atoms with Crippen molar-refractivity contribution < 1.29 is 22.8 Å². The number of nitro groups is 1. The van der Waals surface area contributed by atoms with Gasteiger partial charge < -0.3 is 9.47 Å². The van der Waals surface area contributed by atoms with E-state index in [2.05, 4.69) is 0 Å². The molecule has 0 fully saturated rings. The van der Waals surface area contributed by atoms with Crippen LogP contribution in [0.3, 0.4) is 0 Å². The van der Waals surface area contributed by atoms with Gasteiger partial charge in [0.25, 0.3) is 0 Å². The number of nitrogens with two attached hydrogens (primary N) is 1. The van der Waals surface area contributed by atoms with Gasteiger partial charge >= 0.3 is 5.69 Å². The van der Waals surface area contributed by atoms with Gasteiger partial charge in [-0.2, -0.15) is 0 Å². The Morgan fingerprint density at radius 2 is 2.00 bits per heavy atom. The van der Waals surface area contributed by atoms with Crippen molar-refractivity contribution in [3.63, 3.8) is 0 Å². The van der Waals surface area contributed by atoms with Gasteiger partial charge in [0.2, 0.25) is 10.0 Å².